The molecule has 0 aromatic carbocycles. The maximum atomic E-state index is 12.1. The molecule has 2 bridgehead atoms. The fourth-order valence-electron chi connectivity index (χ4n) is 3.71. The van der Waals surface area contributed by atoms with Crippen LogP contribution in [0.5, 0.6) is 12.0 Å². The number of aromatic nitrogens is 4. The molecular weight excluding hydrogens is 310 g/mol. The summed E-state index contributed by atoms with van der Waals surface area (Å²) in [5.74, 6) is 1.24. The first-order chi connectivity index (χ1) is 11.7. The molecule has 8 heteroatoms. The van der Waals surface area contributed by atoms with E-state index < -0.39 is 0 Å². The lowest BCUT2D eigenvalue weighted by atomic mass is 9.83. The van der Waals surface area contributed by atoms with Crippen molar-refractivity contribution in [1.82, 2.24) is 19.5 Å². The first-order valence-electron chi connectivity index (χ1n) is 7.96. The van der Waals surface area contributed by atoms with Crippen LogP contribution in [0.2, 0.25) is 0 Å². The molecular formula is C16H19N5O3. The van der Waals surface area contributed by atoms with Crippen molar-refractivity contribution in [3.8, 4) is 12.0 Å². The van der Waals surface area contributed by atoms with E-state index in [1.165, 1.54) is 14.2 Å². The number of ether oxygens (including phenoxy) is 2. The van der Waals surface area contributed by atoms with E-state index in [2.05, 4.69) is 19.9 Å². The molecule has 1 saturated heterocycles. The van der Waals surface area contributed by atoms with E-state index in [1.807, 2.05) is 16.7 Å². The minimum Gasteiger partial charge on any atom is -0.467 e. The molecule has 2 unspecified atom stereocenters. The smallest absolute Gasteiger partial charge is 0.324 e. The fourth-order valence-corrected chi connectivity index (χ4v) is 3.71. The van der Waals surface area contributed by atoms with E-state index >= 15 is 0 Å². The second-order valence-corrected chi connectivity index (χ2v) is 6.21. The largest absolute Gasteiger partial charge is 0.467 e. The van der Waals surface area contributed by atoms with Crippen LogP contribution in [-0.4, -0.2) is 46.8 Å². The first-order valence-corrected chi connectivity index (χ1v) is 7.96. The minimum atomic E-state index is 0.0825. The Hall–Kier alpha value is -2.64. The third-order valence-corrected chi connectivity index (χ3v) is 4.71. The quantitative estimate of drug-likeness (QED) is 0.818. The summed E-state index contributed by atoms with van der Waals surface area (Å²) in [6.45, 7) is 2.30. The highest BCUT2D eigenvalue weighted by Crippen LogP contribution is 2.36. The molecule has 0 radical (unpaired) electrons. The van der Waals surface area contributed by atoms with E-state index in [0.29, 0.717) is 17.8 Å². The predicted molar refractivity (Wildman–Crippen MR) is 86.7 cm³/mol. The van der Waals surface area contributed by atoms with Gasteiger partial charge in [0.2, 0.25) is 5.95 Å². The fraction of sp³-hybridized carbons (Fsp3) is 0.500. The van der Waals surface area contributed by atoms with Crippen molar-refractivity contribution < 1.29 is 9.47 Å². The van der Waals surface area contributed by atoms with E-state index in [4.69, 9.17) is 9.47 Å². The zero-order valence-corrected chi connectivity index (χ0v) is 13.7. The van der Waals surface area contributed by atoms with Crippen molar-refractivity contribution in [2.45, 2.75) is 18.9 Å². The molecule has 1 fully saturated rings. The van der Waals surface area contributed by atoms with Gasteiger partial charge in [-0.3, -0.25) is 4.79 Å². The zero-order chi connectivity index (χ0) is 16.7. The molecule has 8 nitrogen and oxygen atoms in total. The van der Waals surface area contributed by atoms with Crippen LogP contribution in [0.15, 0.2) is 23.0 Å². The molecule has 4 heterocycles. The Morgan fingerprint density at radius 2 is 1.79 bits per heavy atom. The summed E-state index contributed by atoms with van der Waals surface area (Å²) < 4.78 is 12.2. The first kappa shape index (κ1) is 14.9. The van der Waals surface area contributed by atoms with Gasteiger partial charge in [-0.05, 0) is 18.4 Å². The summed E-state index contributed by atoms with van der Waals surface area (Å²) in [6, 6.07) is 5.99. The third-order valence-electron chi connectivity index (χ3n) is 4.71. The number of rotatable bonds is 3. The van der Waals surface area contributed by atoms with E-state index in [9.17, 15) is 4.79 Å². The van der Waals surface area contributed by atoms with Crippen molar-refractivity contribution in [2.24, 2.45) is 5.92 Å². The molecule has 2 aliphatic heterocycles. The van der Waals surface area contributed by atoms with Gasteiger partial charge >= 0.3 is 12.0 Å². The van der Waals surface area contributed by atoms with Crippen LogP contribution in [-0.2, 0) is 6.54 Å². The van der Waals surface area contributed by atoms with Crippen LogP contribution in [0, 0.1) is 5.92 Å². The van der Waals surface area contributed by atoms with Crippen molar-refractivity contribution >= 4 is 5.95 Å². The van der Waals surface area contributed by atoms with E-state index in [1.54, 1.807) is 6.07 Å². The molecule has 0 amide bonds. The number of anilines is 1. The molecule has 2 aromatic heterocycles. The summed E-state index contributed by atoms with van der Waals surface area (Å²) in [5, 5.41) is 0. The van der Waals surface area contributed by atoms with E-state index in [0.717, 1.165) is 31.7 Å². The molecule has 126 valence electrons. The lowest BCUT2D eigenvalue weighted by Gasteiger charge is -2.42. The number of nitrogens with zero attached hydrogens (tertiary/aromatic N) is 5. The number of pyridine rings is 1. The molecule has 2 aromatic rings. The van der Waals surface area contributed by atoms with Crippen molar-refractivity contribution in [2.75, 3.05) is 32.2 Å². The minimum absolute atomic E-state index is 0.0825. The number of fused-ring (bicyclic) bond motifs is 4. The lowest BCUT2D eigenvalue weighted by Crippen LogP contribution is -2.47. The molecule has 4 rings (SSSR count). The predicted octanol–water partition coefficient (Wildman–Crippen LogP) is 0.674. The van der Waals surface area contributed by atoms with Gasteiger partial charge in [0.1, 0.15) is 0 Å². The Bertz CT molecular complexity index is 799. The van der Waals surface area contributed by atoms with Crippen molar-refractivity contribution in [3.63, 3.8) is 0 Å². The van der Waals surface area contributed by atoms with Crippen LogP contribution < -0.4 is 19.9 Å². The Labute approximate surface area is 139 Å². The summed E-state index contributed by atoms with van der Waals surface area (Å²) in [4.78, 5) is 27.0. The lowest BCUT2D eigenvalue weighted by molar-refractivity contribution is 0.277. The topological polar surface area (TPSA) is 82.4 Å². The van der Waals surface area contributed by atoms with Gasteiger partial charge in [-0.2, -0.15) is 9.97 Å². The second-order valence-electron chi connectivity index (χ2n) is 6.21. The summed E-state index contributed by atoms with van der Waals surface area (Å²) in [5.41, 5.74) is 1.18. The number of hydrogen-bond donors (Lipinski definition) is 0. The molecule has 2 aliphatic rings. The van der Waals surface area contributed by atoms with Gasteiger partial charge in [-0.25, -0.2) is 0 Å². The number of hydrogen-bond acceptors (Lipinski definition) is 7. The van der Waals surface area contributed by atoms with Gasteiger partial charge in [0.15, 0.2) is 0 Å². The summed E-state index contributed by atoms with van der Waals surface area (Å²) >= 11 is 0. The Morgan fingerprint density at radius 3 is 2.50 bits per heavy atom. The van der Waals surface area contributed by atoms with Crippen molar-refractivity contribution in [1.29, 1.82) is 0 Å². The van der Waals surface area contributed by atoms with E-state index in [-0.39, 0.29) is 17.6 Å². The van der Waals surface area contributed by atoms with Crippen LogP contribution in [0.3, 0.4) is 0 Å². The van der Waals surface area contributed by atoms with Crippen LogP contribution in [0.25, 0.3) is 0 Å². The number of piperidine rings is 1. The normalized spacial score (nSPS) is 22.0. The van der Waals surface area contributed by atoms with Gasteiger partial charge in [0.05, 0.1) is 14.2 Å². The number of methoxy groups -OCH3 is 2. The molecule has 0 N–H and O–H groups in total. The summed E-state index contributed by atoms with van der Waals surface area (Å²) in [7, 11) is 3.04. The van der Waals surface area contributed by atoms with Crippen LogP contribution >= 0.6 is 0 Å². The van der Waals surface area contributed by atoms with Gasteiger partial charge in [0.25, 0.3) is 5.56 Å². The second kappa shape index (κ2) is 5.77. The Kier molecular flexibility index (Phi) is 3.59. The van der Waals surface area contributed by atoms with Gasteiger partial charge < -0.3 is 18.9 Å². The van der Waals surface area contributed by atoms with Crippen LogP contribution in [0.4, 0.5) is 5.95 Å². The average Bonchev–Trinajstić information content (AvgIpc) is 2.62. The van der Waals surface area contributed by atoms with Crippen LogP contribution in [0.1, 0.15) is 18.0 Å². The Balaban J connectivity index is 1.68. The highest BCUT2D eigenvalue weighted by molar-refractivity contribution is 5.36. The highest BCUT2D eigenvalue weighted by atomic mass is 16.5. The SMILES string of the molecule is COc1nc(OC)nc(N2CC3CC(C2)c2cccc(=O)n2C3)n1. The molecule has 0 aliphatic carbocycles. The molecule has 0 saturated carbocycles. The van der Waals surface area contributed by atoms with Gasteiger partial charge in [0, 0.05) is 37.3 Å². The highest BCUT2D eigenvalue weighted by Gasteiger charge is 2.35. The maximum Gasteiger partial charge on any atom is 0.324 e. The average molecular weight is 329 g/mol. The monoisotopic (exact) mass is 329 g/mol. The standard InChI is InChI=1S/C16H19N5O3/c1-23-15-17-14(18-16(19-15)24-2)20-7-10-6-11(9-20)12-4-3-5-13(22)21(12)8-10/h3-5,10-11H,6-9H2,1-2H3. The molecule has 24 heavy (non-hydrogen) atoms. The third kappa shape index (κ3) is 2.47. The molecule has 0 spiro atoms. The Morgan fingerprint density at radius 1 is 1.04 bits per heavy atom. The van der Waals surface area contributed by atoms with Crippen molar-refractivity contribution in [3.05, 3.63) is 34.2 Å². The van der Waals surface area contributed by atoms with Gasteiger partial charge in [-0.15, -0.1) is 4.98 Å². The van der Waals surface area contributed by atoms with Gasteiger partial charge in [-0.1, -0.05) is 6.07 Å². The molecule has 2 atom stereocenters. The maximum absolute atomic E-state index is 12.1. The summed E-state index contributed by atoms with van der Waals surface area (Å²) in [6.07, 6.45) is 1.08. The zero-order valence-electron chi connectivity index (χ0n) is 13.7.